The molecule has 1 aromatic carbocycles. The van der Waals surface area contributed by atoms with Gasteiger partial charge < -0.3 is 10.5 Å². The molecule has 4 N–H and O–H groups in total. The molecule has 0 aliphatic heterocycles. The Hall–Kier alpha value is -1.90. The standard InChI is InChI=1S/C12H16N4O3S/c1-19-5-4-16-8-9(7-15-16)11-3-2-10(13)6-12(11)20(14,17)18/h2-3,6-8H,4-5,13H2,1H3,(H2,14,17,18). The Kier molecular flexibility index (Phi) is 4.07. The number of nitrogens with zero attached hydrogens (tertiary/aromatic N) is 2. The van der Waals surface area contributed by atoms with Gasteiger partial charge in [0.15, 0.2) is 0 Å². The van der Waals surface area contributed by atoms with Crippen LogP contribution in [0.3, 0.4) is 0 Å². The zero-order valence-electron chi connectivity index (χ0n) is 11.0. The number of benzene rings is 1. The van der Waals surface area contributed by atoms with Crippen molar-refractivity contribution in [2.45, 2.75) is 11.4 Å². The molecule has 0 atom stereocenters. The summed E-state index contributed by atoms with van der Waals surface area (Å²) >= 11 is 0. The first kappa shape index (κ1) is 14.5. The van der Waals surface area contributed by atoms with Crippen molar-refractivity contribution in [2.75, 3.05) is 19.5 Å². The number of nitrogens with two attached hydrogens (primary N) is 2. The lowest BCUT2D eigenvalue weighted by Gasteiger charge is -2.07. The number of sulfonamides is 1. The monoisotopic (exact) mass is 296 g/mol. The van der Waals surface area contributed by atoms with Crippen LogP contribution in [0.5, 0.6) is 0 Å². The highest BCUT2D eigenvalue weighted by Gasteiger charge is 2.16. The molecule has 0 spiro atoms. The molecule has 8 heteroatoms. The Bertz CT molecular complexity index is 709. The van der Waals surface area contributed by atoms with E-state index >= 15 is 0 Å². The summed E-state index contributed by atoms with van der Waals surface area (Å²) in [5.74, 6) is 0. The number of aromatic nitrogens is 2. The fraction of sp³-hybridized carbons (Fsp3) is 0.250. The highest BCUT2D eigenvalue weighted by atomic mass is 32.2. The Morgan fingerprint density at radius 3 is 2.80 bits per heavy atom. The number of rotatable bonds is 5. The Balaban J connectivity index is 2.45. The summed E-state index contributed by atoms with van der Waals surface area (Å²) < 4.78 is 29.9. The molecule has 7 nitrogen and oxygen atoms in total. The van der Waals surface area contributed by atoms with Gasteiger partial charge in [-0.15, -0.1) is 0 Å². The molecule has 20 heavy (non-hydrogen) atoms. The van der Waals surface area contributed by atoms with Crippen LogP contribution in [0.25, 0.3) is 11.1 Å². The Morgan fingerprint density at radius 1 is 1.40 bits per heavy atom. The maximum atomic E-state index is 11.6. The molecule has 0 aliphatic carbocycles. The van der Waals surface area contributed by atoms with Crippen molar-refractivity contribution in [1.82, 2.24) is 9.78 Å². The van der Waals surface area contributed by atoms with Gasteiger partial charge in [-0.05, 0) is 12.1 Å². The van der Waals surface area contributed by atoms with Gasteiger partial charge in [-0.1, -0.05) is 6.07 Å². The van der Waals surface area contributed by atoms with Crippen LogP contribution in [0.1, 0.15) is 0 Å². The lowest BCUT2D eigenvalue weighted by atomic mass is 10.1. The van der Waals surface area contributed by atoms with Gasteiger partial charge in [0.25, 0.3) is 0 Å². The maximum Gasteiger partial charge on any atom is 0.238 e. The second kappa shape index (κ2) is 5.61. The van der Waals surface area contributed by atoms with Crippen molar-refractivity contribution in [3.8, 4) is 11.1 Å². The quantitative estimate of drug-likeness (QED) is 0.777. The summed E-state index contributed by atoms with van der Waals surface area (Å²) in [5.41, 5.74) is 7.09. The highest BCUT2D eigenvalue weighted by molar-refractivity contribution is 7.89. The zero-order valence-corrected chi connectivity index (χ0v) is 11.8. The Morgan fingerprint density at radius 2 is 2.15 bits per heavy atom. The lowest BCUT2D eigenvalue weighted by Crippen LogP contribution is -2.13. The van der Waals surface area contributed by atoms with Crippen molar-refractivity contribution >= 4 is 15.7 Å². The van der Waals surface area contributed by atoms with Crippen LogP contribution >= 0.6 is 0 Å². The van der Waals surface area contributed by atoms with Crippen LogP contribution in [0.15, 0.2) is 35.5 Å². The normalized spacial score (nSPS) is 11.7. The van der Waals surface area contributed by atoms with Gasteiger partial charge in [-0.3, -0.25) is 4.68 Å². The molecule has 0 bridgehead atoms. The zero-order chi connectivity index (χ0) is 14.8. The smallest absolute Gasteiger partial charge is 0.238 e. The van der Waals surface area contributed by atoms with E-state index in [1.54, 1.807) is 36.3 Å². The molecular weight excluding hydrogens is 280 g/mol. The van der Waals surface area contributed by atoms with E-state index in [0.717, 1.165) is 0 Å². The fourth-order valence-corrected chi connectivity index (χ4v) is 2.62. The number of ether oxygens (including phenoxy) is 1. The van der Waals surface area contributed by atoms with Crippen molar-refractivity contribution in [1.29, 1.82) is 0 Å². The second-order valence-corrected chi connectivity index (χ2v) is 5.82. The van der Waals surface area contributed by atoms with E-state index < -0.39 is 10.0 Å². The molecule has 2 rings (SSSR count). The summed E-state index contributed by atoms with van der Waals surface area (Å²) in [6, 6.07) is 4.58. The van der Waals surface area contributed by atoms with Crippen molar-refractivity contribution in [2.24, 2.45) is 5.14 Å². The highest BCUT2D eigenvalue weighted by Crippen LogP contribution is 2.28. The van der Waals surface area contributed by atoms with Crippen molar-refractivity contribution in [3.05, 3.63) is 30.6 Å². The van der Waals surface area contributed by atoms with Crippen LogP contribution < -0.4 is 10.9 Å². The van der Waals surface area contributed by atoms with Crippen LogP contribution in [0.2, 0.25) is 0 Å². The third-order valence-electron chi connectivity index (χ3n) is 2.78. The first-order chi connectivity index (χ1) is 9.41. The van der Waals surface area contributed by atoms with Gasteiger partial charge in [0.05, 0.1) is 24.2 Å². The number of hydrogen-bond acceptors (Lipinski definition) is 5. The van der Waals surface area contributed by atoms with E-state index in [4.69, 9.17) is 15.6 Å². The van der Waals surface area contributed by atoms with Crippen LogP contribution in [0, 0.1) is 0 Å². The first-order valence-corrected chi connectivity index (χ1v) is 7.40. The average Bonchev–Trinajstić information content (AvgIpc) is 2.84. The SMILES string of the molecule is COCCn1cc(-c2ccc(N)cc2S(N)(=O)=O)cn1. The molecule has 108 valence electrons. The van der Waals surface area contributed by atoms with Gasteiger partial charge in [0.2, 0.25) is 10.0 Å². The number of nitrogen functional groups attached to an aromatic ring is 1. The average molecular weight is 296 g/mol. The first-order valence-electron chi connectivity index (χ1n) is 5.86. The molecule has 0 fully saturated rings. The lowest BCUT2D eigenvalue weighted by molar-refractivity contribution is 0.183. The molecule has 0 radical (unpaired) electrons. The molecule has 0 amide bonds. The van der Waals surface area contributed by atoms with E-state index in [9.17, 15) is 8.42 Å². The summed E-state index contributed by atoms with van der Waals surface area (Å²) in [7, 11) is -2.25. The maximum absolute atomic E-state index is 11.6. The number of primary sulfonamides is 1. The van der Waals surface area contributed by atoms with Crippen molar-refractivity contribution < 1.29 is 13.2 Å². The van der Waals surface area contributed by atoms with Crippen molar-refractivity contribution in [3.63, 3.8) is 0 Å². The van der Waals surface area contributed by atoms with E-state index in [-0.39, 0.29) is 4.90 Å². The van der Waals surface area contributed by atoms with Gasteiger partial charge in [0.1, 0.15) is 0 Å². The van der Waals surface area contributed by atoms with E-state index in [1.165, 1.54) is 6.07 Å². The molecule has 1 heterocycles. The van der Waals surface area contributed by atoms with Gasteiger partial charge >= 0.3 is 0 Å². The van der Waals surface area contributed by atoms with E-state index in [2.05, 4.69) is 5.10 Å². The summed E-state index contributed by atoms with van der Waals surface area (Å²) in [5, 5.41) is 9.37. The summed E-state index contributed by atoms with van der Waals surface area (Å²) in [4.78, 5) is -0.0104. The molecule has 0 saturated carbocycles. The number of methoxy groups -OCH3 is 1. The predicted octanol–water partition coefficient (Wildman–Crippen LogP) is 0.426. The molecule has 0 saturated heterocycles. The summed E-state index contributed by atoms with van der Waals surface area (Å²) in [6.07, 6.45) is 3.31. The molecule has 0 aliphatic rings. The second-order valence-electron chi connectivity index (χ2n) is 4.29. The minimum absolute atomic E-state index is 0.0104. The summed E-state index contributed by atoms with van der Waals surface area (Å²) in [6.45, 7) is 1.10. The van der Waals surface area contributed by atoms with Gasteiger partial charge in [-0.25, -0.2) is 13.6 Å². The van der Waals surface area contributed by atoms with Gasteiger partial charge in [-0.2, -0.15) is 5.10 Å². The topological polar surface area (TPSA) is 113 Å². The van der Waals surface area contributed by atoms with E-state index in [0.29, 0.717) is 30.0 Å². The molecule has 0 unspecified atom stereocenters. The minimum atomic E-state index is -3.85. The minimum Gasteiger partial charge on any atom is -0.399 e. The number of anilines is 1. The van der Waals surface area contributed by atoms with Crippen LogP contribution in [0.4, 0.5) is 5.69 Å². The Labute approximate surface area is 117 Å². The fourth-order valence-electron chi connectivity index (χ4n) is 1.82. The van der Waals surface area contributed by atoms with Crippen LogP contribution in [-0.4, -0.2) is 31.9 Å². The number of hydrogen-bond donors (Lipinski definition) is 2. The van der Waals surface area contributed by atoms with E-state index in [1.807, 2.05) is 0 Å². The van der Waals surface area contributed by atoms with Gasteiger partial charge in [0, 0.05) is 30.1 Å². The molecule has 2 aromatic rings. The third kappa shape index (κ3) is 3.16. The third-order valence-corrected chi connectivity index (χ3v) is 3.73. The largest absolute Gasteiger partial charge is 0.399 e. The molecule has 1 aromatic heterocycles. The molecular formula is C12H16N4O3S. The van der Waals surface area contributed by atoms with Crippen LogP contribution in [-0.2, 0) is 21.3 Å². The predicted molar refractivity (Wildman–Crippen MR) is 75.3 cm³/mol.